The number of aliphatic hydroxyl groups is 1. The zero-order chi connectivity index (χ0) is 13.1. The molecule has 0 radical (unpaired) electrons. The zero-order valence-electron chi connectivity index (χ0n) is 10.2. The molecule has 1 saturated carbocycles. The van der Waals surface area contributed by atoms with Crippen LogP contribution in [0.3, 0.4) is 0 Å². The number of aliphatic hydroxyl groups excluding tert-OH is 1. The SMILES string of the molecule is CNc1nc(NC2CCCC2CO)c(F)cc1F. The minimum Gasteiger partial charge on any atom is -0.396 e. The maximum atomic E-state index is 13.6. The molecule has 0 amide bonds. The predicted octanol–water partition coefficient (Wildman–Crippen LogP) is 1.97. The van der Waals surface area contributed by atoms with Gasteiger partial charge >= 0.3 is 0 Å². The van der Waals surface area contributed by atoms with E-state index in [0.717, 1.165) is 25.3 Å². The van der Waals surface area contributed by atoms with Gasteiger partial charge in [-0.2, -0.15) is 0 Å². The van der Waals surface area contributed by atoms with Gasteiger partial charge in [0.2, 0.25) is 0 Å². The molecule has 0 aliphatic heterocycles. The lowest BCUT2D eigenvalue weighted by Gasteiger charge is -2.20. The second-order valence-corrected chi connectivity index (χ2v) is 4.52. The Morgan fingerprint density at radius 1 is 1.33 bits per heavy atom. The highest BCUT2D eigenvalue weighted by molar-refractivity contribution is 5.47. The minimum absolute atomic E-state index is 0.00725. The van der Waals surface area contributed by atoms with Gasteiger partial charge in [-0.15, -0.1) is 0 Å². The van der Waals surface area contributed by atoms with Crippen molar-refractivity contribution in [2.45, 2.75) is 25.3 Å². The van der Waals surface area contributed by atoms with Gasteiger partial charge in [-0.3, -0.25) is 0 Å². The van der Waals surface area contributed by atoms with E-state index in [-0.39, 0.29) is 30.2 Å². The number of anilines is 2. The van der Waals surface area contributed by atoms with Gasteiger partial charge in [0.25, 0.3) is 0 Å². The molecule has 4 nitrogen and oxygen atoms in total. The van der Waals surface area contributed by atoms with Gasteiger partial charge in [0.05, 0.1) is 0 Å². The van der Waals surface area contributed by atoms with Gasteiger partial charge in [0.1, 0.15) is 0 Å². The Hall–Kier alpha value is -1.43. The van der Waals surface area contributed by atoms with E-state index in [1.165, 1.54) is 7.05 Å². The van der Waals surface area contributed by atoms with Crippen LogP contribution in [0.4, 0.5) is 20.4 Å². The molecule has 1 aromatic heterocycles. The van der Waals surface area contributed by atoms with E-state index in [2.05, 4.69) is 15.6 Å². The van der Waals surface area contributed by atoms with Crippen LogP contribution >= 0.6 is 0 Å². The number of halogens is 2. The maximum Gasteiger partial charge on any atom is 0.168 e. The Kier molecular flexibility index (Phi) is 3.96. The molecule has 0 bridgehead atoms. The van der Waals surface area contributed by atoms with E-state index in [1.807, 2.05) is 0 Å². The Labute approximate surface area is 104 Å². The summed E-state index contributed by atoms with van der Waals surface area (Å²) in [6, 6.07) is 0.802. The first-order valence-electron chi connectivity index (χ1n) is 6.07. The Morgan fingerprint density at radius 2 is 2.06 bits per heavy atom. The Bertz CT molecular complexity index is 428. The van der Waals surface area contributed by atoms with Gasteiger partial charge < -0.3 is 15.7 Å². The first-order chi connectivity index (χ1) is 8.65. The number of nitrogens with one attached hydrogen (secondary N) is 2. The van der Waals surface area contributed by atoms with Crippen LogP contribution in [0.2, 0.25) is 0 Å². The molecule has 1 aliphatic rings. The molecule has 1 aromatic rings. The molecule has 1 aliphatic carbocycles. The summed E-state index contributed by atoms with van der Waals surface area (Å²) < 4.78 is 26.9. The summed E-state index contributed by atoms with van der Waals surface area (Å²) in [6.07, 6.45) is 2.76. The summed E-state index contributed by atoms with van der Waals surface area (Å²) in [5.41, 5.74) is 0. The zero-order valence-corrected chi connectivity index (χ0v) is 10.2. The molecular formula is C12H17F2N3O. The molecule has 0 saturated heterocycles. The molecule has 18 heavy (non-hydrogen) atoms. The van der Waals surface area contributed by atoms with Gasteiger partial charge in [0.15, 0.2) is 23.3 Å². The van der Waals surface area contributed by atoms with Crippen LogP contribution in [0.1, 0.15) is 19.3 Å². The van der Waals surface area contributed by atoms with Crippen LogP contribution in [0.25, 0.3) is 0 Å². The fourth-order valence-electron chi connectivity index (χ4n) is 2.36. The van der Waals surface area contributed by atoms with Crippen molar-refractivity contribution in [2.24, 2.45) is 5.92 Å². The summed E-state index contributed by atoms with van der Waals surface area (Å²) in [5.74, 6) is -1.28. The normalized spacial score (nSPS) is 23.1. The van der Waals surface area contributed by atoms with Crippen molar-refractivity contribution in [3.8, 4) is 0 Å². The quantitative estimate of drug-likeness (QED) is 0.772. The van der Waals surface area contributed by atoms with Crippen LogP contribution in [-0.4, -0.2) is 29.8 Å². The van der Waals surface area contributed by atoms with E-state index >= 15 is 0 Å². The van der Waals surface area contributed by atoms with E-state index in [0.29, 0.717) is 0 Å². The van der Waals surface area contributed by atoms with E-state index in [4.69, 9.17) is 0 Å². The lowest BCUT2D eigenvalue weighted by molar-refractivity contribution is 0.222. The number of nitrogens with zero attached hydrogens (tertiary/aromatic N) is 1. The summed E-state index contributed by atoms with van der Waals surface area (Å²) in [6.45, 7) is 0.0688. The molecule has 3 N–H and O–H groups in total. The fourth-order valence-corrected chi connectivity index (χ4v) is 2.36. The lowest BCUT2D eigenvalue weighted by Crippen LogP contribution is -2.27. The van der Waals surface area contributed by atoms with Crippen LogP contribution in [0.5, 0.6) is 0 Å². The van der Waals surface area contributed by atoms with Crippen molar-refractivity contribution in [3.63, 3.8) is 0 Å². The predicted molar refractivity (Wildman–Crippen MR) is 65.5 cm³/mol. The number of rotatable bonds is 4. The molecule has 0 spiro atoms. The fraction of sp³-hybridized carbons (Fsp3) is 0.583. The van der Waals surface area contributed by atoms with Crippen LogP contribution in [-0.2, 0) is 0 Å². The van der Waals surface area contributed by atoms with Crippen LogP contribution in [0.15, 0.2) is 6.07 Å². The van der Waals surface area contributed by atoms with Crippen LogP contribution in [0, 0.1) is 17.6 Å². The third kappa shape index (κ3) is 2.53. The molecule has 1 heterocycles. The standard InChI is InChI=1S/C12H17F2N3O/c1-15-11-8(13)5-9(14)12(17-11)16-10-4-2-3-7(10)6-18/h5,7,10,18H,2-4,6H2,1H3,(H2,15,16,17). The van der Waals surface area contributed by atoms with E-state index in [9.17, 15) is 13.9 Å². The van der Waals surface area contributed by atoms with Gasteiger partial charge in [-0.1, -0.05) is 6.42 Å². The van der Waals surface area contributed by atoms with Crippen molar-refractivity contribution in [1.82, 2.24) is 4.98 Å². The average molecular weight is 257 g/mol. The van der Waals surface area contributed by atoms with E-state index in [1.54, 1.807) is 0 Å². The summed E-state index contributed by atoms with van der Waals surface area (Å²) in [5, 5.41) is 14.7. The molecule has 100 valence electrons. The molecular weight excluding hydrogens is 240 g/mol. The van der Waals surface area contributed by atoms with Gasteiger partial charge in [-0.25, -0.2) is 13.8 Å². The largest absolute Gasteiger partial charge is 0.396 e. The Balaban J connectivity index is 2.18. The molecule has 0 aromatic carbocycles. The van der Waals surface area contributed by atoms with Gasteiger partial charge in [0, 0.05) is 31.7 Å². The summed E-state index contributed by atoms with van der Waals surface area (Å²) in [4.78, 5) is 3.87. The number of hydrogen-bond donors (Lipinski definition) is 3. The summed E-state index contributed by atoms with van der Waals surface area (Å²) >= 11 is 0. The average Bonchev–Trinajstić information content (AvgIpc) is 2.79. The first kappa shape index (κ1) is 13.0. The van der Waals surface area contributed by atoms with Crippen LogP contribution < -0.4 is 10.6 Å². The van der Waals surface area contributed by atoms with Crippen molar-refractivity contribution in [1.29, 1.82) is 0 Å². The highest BCUT2D eigenvalue weighted by Crippen LogP contribution is 2.29. The van der Waals surface area contributed by atoms with Crippen molar-refractivity contribution in [2.75, 3.05) is 24.3 Å². The highest BCUT2D eigenvalue weighted by Gasteiger charge is 2.27. The van der Waals surface area contributed by atoms with Crippen molar-refractivity contribution in [3.05, 3.63) is 17.7 Å². The minimum atomic E-state index is -0.717. The van der Waals surface area contributed by atoms with Crippen molar-refractivity contribution >= 4 is 11.6 Å². The topological polar surface area (TPSA) is 57.2 Å². The third-order valence-corrected chi connectivity index (χ3v) is 3.38. The second-order valence-electron chi connectivity index (χ2n) is 4.52. The maximum absolute atomic E-state index is 13.6. The molecule has 2 unspecified atom stereocenters. The number of hydrogen-bond acceptors (Lipinski definition) is 4. The smallest absolute Gasteiger partial charge is 0.168 e. The first-order valence-corrected chi connectivity index (χ1v) is 6.07. The summed E-state index contributed by atoms with van der Waals surface area (Å²) in [7, 11) is 1.53. The molecule has 2 rings (SSSR count). The molecule has 2 atom stereocenters. The monoisotopic (exact) mass is 257 g/mol. The number of pyridine rings is 1. The Morgan fingerprint density at radius 3 is 2.72 bits per heavy atom. The highest BCUT2D eigenvalue weighted by atomic mass is 19.1. The lowest BCUT2D eigenvalue weighted by atomic mass is 10.1. The molecule has 6 heteroatoms. The van der Waals surface area contributed by atoms with Crippen molar-refractivity contribution < 1.29 is 13.9 Å². The molecule has 1 fully saturated rings. The van der Waals surface area contributed by atoms with Gasteiger partial charge in [-0.05, 0) is 12.8 Å². The second kappa shape index (κ2) is 5.48. The number of aromatic nitrogens is 1. The third-order valence-electron chi connectivity index (χ3n) is 3.38. The van der Waals surface area contributed by atoms with E-state index < -0.39 is 11.6 Å².